The molecule has 14 nitrogen and oxygen atoms in total. The highest BCUT2D eigenvalue weighted by molar-refractivity contribution is 5.95. The summed E-state index contributed by atoms with van der Waals surface area (Å²) in [6.45, 7) is 4.81. The molecule has 2 heterocycles. The molecule has 43 heavy (non-hydrogen) atoms. The van der Waals surface area contributed by atoms with Crippen LogP contribution >= 0.6 is 0 Å². The average Bonchev–Trinajstić information content (AvgIpc) is 3.44. The number of nitro benzene ring substituents is 1. The monoisotopic (exact) mass is 591 g/mol. The number of esters is 1. The number of non-ortho nitro benzene ring substituents is 1. The summed E-state index contributed by atoms with van der Waals surface area (Å²) in [7, 11) is 1.42. The molecule has 1 aromatic heterocycles. The number of rotatable bonds is 11. The highest BCUT2D eigenvalue weighted by atomic mass is 16.6. The van der Waals surface area contributed by atoms with E-state index in [0.717, 1.165) is 0 Å². The van der Waals surface area contributed by atoms with E-state index in [2.05, 4.69) is 21.2 Å². The Bertz CT molecular complexity index is 1630. The van der Waals surface area contributed by atoms with Crippen LogP contribution in [0, 0.1) is 17.0 Å². The van der Waals surface area contributed by atoms with Crippen LogP contribution in [0.2, 0.25) is 0 Å². The van der Waals surface area contributed by atoms with E-state index in [9.17, 15) is 24.5 Å². The first-order valence-electron chi connectivity index (χ1n) is 13.0. The van der Waals surface area contributed by atoms with E-state index in [1.165, 1.54) is 25.5 Å². The Balaban J connectivity index is 1.37. The molecule has 0 unspecified atom stereocenters. The zero-order valence-corrected chi connectivity index (χ0v) is 23.8. The summed E-state index contributed by atoms with van der Waals surface area (Å²) in [6, 6.07) is 11.3. The number of hydrogen-bond acceptors (Lipinski definition) is 10. The van der Waals surface area contributed by atoms with Crippen LogP contribution < -0.4 is 25.5 Å². The lowest BCUT2D eigenvalue weighted by molar-refractivity contribution is -0.384. The van der Waals surface area contributed by atoms with E-state index in [-0.39, 0.29) is 29.4 Å². The second kappa shape index (κ2) is 13.3. The van der Waals surface area contributed by atoms with Crippen molar-refractivity contribution in [2.45, 2.75) is 26.8 Å². The maximum atomic E-state index is 12.6. The predicted octanol–water partition coefficient (Wildman–Crippen LogP) is 3.89. The number of carbonyl (C=O) groups excluding carboxylic acids is 3. The lowest BCUT2D eigenvalue weighted by Crippen LogP contribution is -2.45. The standard InChI is InChI=1S/C29H29N5O9/c1-5-41-28(36)26-17(3)31-29(37)32-27(26)18-6-10-23(24(13-18)40-4)42-15-25(35)33-30-14-20-8-11-22(43-20)21-9-7-19(34(38)39)12-16(21)2/h6-14,27H,5,15H2,1-4H3,(H,33,35)(H2,31,32,37)/b30-14-/t27-/m0/s1. The van der Waals surface area contributed by atoms with Gasteiger partial charge in [-0.05, 0) is 62.2 Å². The summed E-state index contributed by atoms with van der Waals surface area (Å²) in [5.74, 6) is 0.228. The van der Waals surface area contributed by atoms with E-state index < -0.39 is 35.5 Å². The number of methoxy groups -OCH3 is 1. The molecule has 3 N–H and O–H groups in total. The van der Waals surface area contributed by atoms with Gasteiger partial charge >= 0.3 is 12.0 Å². The average molecular weight is 592 g/mol. The van der Waals surface area contributed by atoms with Crippen LogP contribution in [0.25, 0.3) is 11.3 Å². The fourth-order valence-electron chi connectivity index (χ4n) is 4.35. The van der Waals surface area contributed by atoms with Gasteiger partial charge in [0.1, 0.15) is 11.5 Å². The summed E-state index contributed by atoms with van der Waals surface area (Å²) in [5, 5.41) is 20.1. The van der Waals surface area contributed by atoms with Gasteiger partial charge in [0.25, 0.3) is 11.6 Å². The van der Waals surface area contributed by atoms with Crippen molar-refractivity contribution in [2.75, 3.05) is 20.3 Å². The molecule has 0 radical (unpaired) electrons. The van der Waals surface area contributed by atoms with Crippen molar-refractivity contribution in [1.29, 1.82) is 0 Å². The largest absolute Gasteiger partial charge is 0.493 e. The molecule has 14 heteroatoms. The molecule has 1 aliphatic rings. The number of nitrogens with one attached hydrogen (secondary N) is 3. The van der Waals surface area contributed by atoms with Crippen LogP contribution in [0.5, 0.6) is 11.5 Å². The van der Waals surface area contributed by atoms with Crippen molar-refractivity contribution in [3.8, 4) is 22.8 Å². The van der Waals surface area contributed by atoms with Gasteiger partial charge in [0.05, 0.1) is 36.5 Å². The molecule has 1 atom stereocenters. The number of aryl methyl sites for hydroxylation is 1. The second-order valence-electron chi connectivity index (χ2n) is 9.24. The van der Waals surface area contributed by atoms with Gasteiger partial charge < -0.3 is 29.3 Å². The van der Waals surface area contributed by atoms with Crippen molar-refractivity contribution in [3.05, 3.63) is 86.8 Å². The molecular weight excluding hydrogens is 562 g/mol. The summed E-state index contributed by atoms with van der Waals surface area (Å²) in [6.07, 6.45) is 1.31. The van der Waals surface area contributed by atoms with E-state index in [1.807, 2.05) is 0 Å². The van der Waals surface area contributed by atoms with Crippen LogP contribution in [0.3, 0.4) is 0 Å². The molecule has 3 aromatic rings. The molecule has 0 spiro atoms. The van der Waals surface area contributed by atoms with Gasteiger partial charge in [0.2, 0.25) is 0 Å². The molecule has 4 rings (SSSR count). The highest BCUT2D eigenvalue weighted by Crippen LogP contribution is 2.34. The highest BCUT2D eigenvalue weighted by Gasteiger charge is 2.32. The number of nitrogens with zero attached hydrogens (tertiary/aromatic N) is 2. The number of ether oxygens (including phenoxy) is 3. The number of carbonyl (C=O) groups is 3. The van der Waals surface area contributed by atoms with E-state index >= 15 is 0 Å². The summed E-state index contributed by atoms with van der Waals surface area (Å²) >= 11 is 0. The Hall–Kier alpha value is -5.66. The first kappa shape index (κ1) is 30.3. The van der Waals surface area contributed by atoms with E-state index in [0.29, 0.717) is 33.9 Å². The zero-order valence-electron chi connectivity index (χ0n) is 23.8. The van der Waals surface area contributed by atoms with Gasteiger partial charge in [0, 0.05) is 23.4 Å². The maximum Gasteiger partial charge on any atom is 0.338 e. The first-order chi connectivity index (χ1) is 20.6. The maximum absolute atomic E-state index is 12.6. The van der Waals surface area contributed by atoms with Gasteiger partial charge in [-0.3, -0.25) is 14.9 Å². The molecule has 0 saturated carbocycles. The Labute approximate surface area is 245 Å². The van der Waals surface area contributed by atoms with Gasteiger partial charge in [-0.15, -0.1) is 0 Å². The molecule has 0 bridgehead atoms. The number of amides is 3. The van der Waals surface area contributed by atoms with E-state index in [1.54, 1.807) is 57.2 Å². The smallest absolute Gasteiger partial charge is 0.338 e. The number of hydrogen-bond donors (Lipinski definition) is 3. The quantitative estimate of drug-likeness (QED) is 0.129. The Morgan fingerprint density at radius 3 is 2.63 bits per heavy atom. The Kier molecular flexibility index (Phi) is 9.40. The number of urea groups is 1. The molecule has 2 aromatic carbocycles. The number of nitro groups is 1. The third kappa shape index (κ3) is 7.16. The van der Waals surface area contributed by atoms with E-state index in [4.69, 9.17) is 18.6 Å². The molecule has 0 fully saturated rings. The van der Waals surface area contributed by atoms with Crippen molar-refractivity contribution in [3.63, 3.8) is 0 Å². The van der Waals surface area contributed by atoms with Crippen LogP contribution in [0.4, 0.5) is 10.5 Å². The van der Waals surface area contributed by atoms with Crippen molar-refractivity contribution >= 4 is 29.8 Å². The van der Waals surface area contributed by atoms with Gasteiger partial charge in [0.15, 0.2) is 18.1 Å². The van der Waals surface area contributed by atoms with Crippen LogP contribution in [-0.2, 0) is 14.3 Å². The first-order valence-corrected chi connectivity index (χ1v) is 13.0. The van der Waals surface area contributed by atoms with Gasteiger partial charge in [-0.1, -0.05) is 6.07 Å². The lowest BCUT2D eigenvalue weighted by Gasteiger charge is -2.28. The lowest BCUT2D eigenvalue weighted by atomic mass is 9.95. The summed E-state index contributed by atoms with van der Waals surface area (Å²) in [4.78, 5) is 47.5. The molecular formula is C29H29N5O9. The molecule has 1 aliphatic heterocycles. The van der Waals surface area contributed by atoms with Crippen molar-refractivity contribution < 1.29 is 37.9 Å². The third-order valence-electron chi connectivity index (χ3n) is 6.34. The topological polar surface area (TPSA) is 184 Å². The minimum absolute atomic E-state index is 0.0151. The zero-order chi connectivity index (χ0) is 31.1. The number of benzene rings is 2. The predicted molar refractivity (Wildman–Crippen MR) is 154 cm³/mol. The van der Waals surface area contributed by atoms with Gasteiger partial charge in [-0.25, -0.2) is 15.0 Å². The fraction of sp³-hybridized carbons (Fsp3) is 0.241. The summed E-state index contributed by atoms with van der Waals surface area (Å²) in [5.41, 5.74) is 4.85. The van der Waals surface area contributed by atoms with Crippen LogP contribution in [0.1, 0.15) is 36.8 Å². The van der Waals surface area contributed by atoms with Crippen LogP contribution in [0.15, 0.2) is 69.3 Å². The SMILES string of the molecule is CCOC(=O)C1=C(C)NC(=O)N[C@H]1c1ccc(OCC(=O)N/N=C\c2ccc(-c3ccc([N+](=O)[O-])cc3C)o2)c(OC)c1. The summed E-state index contributed by atoms with van der Waals surface area (Å²) < 4.78 is 21.9. The number of furan rings is 1. The normalized spacial score (nSPS) is 14.6. The third-order valence-corrected chi connectivity index (χ3v) is 6.34. The Morgan fingerprint density at radius 1 is 1.14 bits per heavy atom. The fourth-order valence-corrected chi connectivity index (χ4v) is 4.35. The molecule has 0 aliphatic carbocycles. The molecule has 224 valence electrons. The molecule has 3 amide bonds. The Morgan fingerprint density at radius 2 is 1.93 bits per heavy atom. The number of hydrazone groups is 1. The van der Waals surface area contributed by atoms with Crippen LogP contribution in [-0.4, -0.2) is 49.4 Å². The second-order valence-corrected chi connectivity index (χ2v) is 9.24. The van der Waals surface area contributed by atoms with Crippen molar-refractivity contribution in [1.82, 2.24) is 16.1 Å². The van der Waals surface area contributed by atoms with Crippen molar-refractivity contribution in [2.24, 2.45) is 5.10 Å². The van der Waals surface area contributed by atoms with Gasteiger partial charge in [-0.2, -0.15) is 5.10 Å². The number of allylic oxidation sites excluding steroid dienone is 1. The minimum atomic E-state index is -0.792. The molecule has 0 saturated heterocycles. The minimum Gasteiger partial charge on any atom is -0.493 e.